The molecule has 1 fully saturated rings. The van der Waals surface area contributed by atoms with Crippen molar-refractivity contribution in [1.82, 2.24) is 4.90 Å². The zero-order chi connectivity index (χ0) is 11.0. The van der Waals surface area contributed by atoms with Crippen molar-refractivity contribution in [2.75, 3.05) is 13.1 Å². The third-order valence-electron chi connectivity index (χ3n) is 3.10. The molecule has 0 aromatic carbocycles. The number of rotatable bonds is 1. The Morgan fingerprint density at radius 3 is 2.00 bits per heavy atom. The minimum Gasteiger partial charge on any atom is -0.368 e. The summed E-state index contributed by atoms with van der Waals surface area (Å²) in [4.78, 5) is 13.4. The Morgan fingerprint density at radius 2 is 1.71 bits per heavy atom. The molecule has 0 aliphatic carbocycles. The largest absolute Gasteiger partial charge is 0.368 e. The smallest absolute Gasteiger partial charge is 0.237 e. The first-order valence-corrected chi connectivity index (χ1v) is 5.09. The lowest BCUT2D eigenvalue weighted by Crippen LogP contribution is -2.60. The van der Waals surface area contributed by atoms with Gasteiger partial charge in [-0.25, -0.2) is 0 Å². The summed E-state index contributed by atoms with van der Waals surface area (Å²) >= 11 is 0. The fourth-order valence-corrected chi connectivity index (χ4v) is 1.82. The molecule has 0 radical (unpaired) electrons. The zero-order valence-corrected chi connectivity index (χ0v) is 9.34. The van der Waals surface area contributed by atoms with Crippen molar-refractivity contribution in [3.05, 3.63) is 0 Å². The Balaban J connectivity index is 2.59. The molecule has 1 rings (SSSR count). The van der Waals surface area contributed by atoms with Crippen LogP contribution >= 0.6 is 0 Å². The molecule has 0 bridgehead atoms. The maximum absolute atomic E-state index is 11.1. The summed E-state index contributed by atoms with van der Waals surface area (Å²) in [6.07, 6.45) is 1.33. The highest BCUT2D eigenvalue weighted by molar-refractivity contribution is 5.84. The summed E-state index contributed by atoms with van der Waals surface area (Å²) in [7, 11) is 0. The molecule has 4 N–H and O–H groups in total. The van der Waals surface area contributed by atoms with Crippen molar-refractivity contribution in [2.24, 2.45) is 11.5 Å². The number of amides is 1. The highest BCUT2D eigenvalue weighted by Gasteiger charge is 2.38. The molecule has 82 valence electrons. The minimum atomic E-state index is -0.776. The van der Waals surface area contributed by atoms with Crippen molar-refractivity contribution >= 4 is 5.91 Å². The van der Waals surface area contributed by atoms with E-state index in [1.807, 2.05) is 0 Å². The lowest BCUT2D eigenvalue weighted by molar-refractivity contribution is -0.125. The fraction of sp³-hybridized carbons (Fsp3) is 0.900. The van der Waals surface area contributed by atoms with Crippen LogP contribution in [0.3, 0.4) is 0 Å². The second-order valence-electron chi connectivity index (χ2n) is 5.18. The SMILES string of the molecule is CC(C)(C)N1CCC(N)(C(N)=O)CC1. The molecule has 1 saturated heterocycles. The van der Waals surface area contributed by atoms with Crippen LogP contribution in [0.15, 0.2) is 0 Å². The van der Waals surface area contributed by atoms with E-state index in [0.29, 0.717) is 12.8 Å². The van der Waals surface area contributed by atoms with Crippen LogP contribution in [-0.4, -0.2) is 35.0 Å². The van der Waals surface area contributed by atoms with E-state index >= 15 is 0 Å². The lowest BCUT2D eigenvalue weighted by atomic mass is 9.86. The van der Waals surface area contributed by atoms with Gasteiger partial charge in [0.25, 0.3) is 0 Å². The van der Waals surface area contributed by atoms with Gasteiger partial charge in [0.2, 0.25) is 5.91 Å². The molecular weight excluding hydrogens is 178 g/mol. The fourth-order valence-electron chi connectivity index (χ4n) is 1.82. The predicted octanol–water partition coefficient (Wildman–Crippen LogP) is 0.0635. The third kappa shape index (κ3) is 2.25. The molecule has 1 aliphatic rings. The van der Waals surface area contributed by atoms with Gasteiger partial charge in [0, 0.05) is 18.6 Å². The van der Waals surface area contributed by atoms with Crippen LogP contribution in [0, 0.1) is 0 Å². The van der Waals surface area contributed by atoms with Crippen molar-refractivity contribution in [1.29, 1.82) is 0 Å². The molecule has 0 atom stereocenters. The maximum atomic E-state index is 11.1. The molecule has 0 saturated carbocycles. The van der Waals surface area contributed by atoms with Gasteiger partial charge in [-0.15, -0.1) is 0 Å². The van der Waals surface area contributed by atoms with Crippen LogP contribution < -0.4 is 11.5 Å². The second-order valence-corrected chi connectivity index (χ2v) is 5.18. The minimum absolute atomic E-state index is 0.152. The number of primary amides is 1. The van der Waals surface area contributed by atoms with Crippen molar-refractivity contribution in [3.63, 3.8) is 0 Å². The Morgan fingerprint density at radius 1 is 1.29 bits per heavy atom. The summed E-state index contributed by atoms with van der Waals surface area (Å²) in [5, 5.41) is 0. The Bertz CT molecular complexity index is 224. The lowest BCUT2D eigenvalue weighted by Gasteiger charge is -2.43. The molecule has 14 heavy (non-hydrogen) atoms. The van der Waals surface area contributed by atoms with Crippen LogP contribution in [0.2, 0.25) is 0 Å². The highest BCUT2D eigenvalue weighted by atomic mass is 16.1. The molecule has 0 unspecified atom stereocenters. The average molecular weight is 199 g/mol. The van der Waals surface area contributed by atoms with Crippen LogP contribution in [0.25, 0.3) is 0 Å². The van der Waals surface area contributed by atoms with E-state index in [1.165, 1.54) is 0 Å². The monoisotopic (exact) mass is 199 g/mol. The van der Waals surface area contributed by atoms with Gasteiger partial charge in [-0.2, -0.15) is 0 Å². The molecule has 1 heterocycles. The van der Waals surface area contributed by atoms with E-state index in [1.54, 1.807) is 0 Å². The number of likely N-dealkylation sites (tertiary alicyclic amines) is 1. The van der Waals surface area contributed by atoms with Gasteiger partial charge in [0.15, 0.2) is 0 Å². The number of piperidine rings is 1. The standard InChI is InChI=1S/C10H21N3O/c1-9(2,3)13-6-4-10(12,5-7-13)8(11)14/h4-7,12H2,1-3H3,(H2,11,14). The molecule has 0 aromatic heterocycles. The van der Waals surface area contributed by atoms with Gasteiger partial charge in [-0.1, -0.05) is 0 Å². The quantitative estimate of drug-likeness (QED) is 0.627. The molecule has 4 nitrogen and oxygen atoms in total. The van der Waals surface area contributed by atoms with E-state index in [9.17, 15) is 4.79 Å². The summed E-state index contributed by atoms with van der Waals surface area (Å²) < 4.78 is 0. The number of hydrogen-bond donors (Lipinski definition) is 2. The normalized spacial score (nSPS) is 23.4. The maximum Gasteiger partial charge on any atom is 0.237 e. The number of carbonyl (C=O) groups excluding carboxylic acids is 1. The van der Waals surface area contributed by atoms with Crippen molar-refractivity contribution < 1.29 is 4.79 Å². The van der Waals surface area contributed by atoms with E-state index in [0.717, 1.165) is 13.1 Å². The number of hydrogen-bond acceptors (Lipinski definition) is 3. The van der Waals surface area contributed by atoms with Gasteiger partial charge in [-0.3, -0.25) is 9.69 Å². The predicted molar refractivity (Wildman–Crippen MR) is 56.7 cm³/mol. The van der Waals surface area contributed by atoms with Crippen LogP contribution in [0.4, 0.5) is 0 Å². The van der Waals surface area contributed by atoms with Gasteiger partial charge < -0.3 is 11.5 Å². The highest BCUT2D eigenvalue weighted by Crippen LogP contribution is 2.24. The third-order valence-corrected chi connectivity index (χ3v) is 3.10. The summed E-state index contributed by atoms with van der Waals surface area (Å²) in [6, 6.07) is 0. The van der Waals surface area contributed by atoms with E-state index in [2.05, 4.69) is 25.7 Å². The molecule has 1 amide bonds. The topological polar surface area (TPSA) is 72.3 Å². The van der Waals surface area contributed by atoms with Crippen LogP contribution in [-0.2, 0) is 4.79 Å². The second kappa shape index (κ2) is 3.51. The van der Waals surface area contributed by atoms with Gasteiger partial charge in [0.05, 0.1) is 5.54 Å². The average Bonchev–Trinajstić information content (AvgIpc) is 2.03. The molecule has 0 aromatic rings. The number of nitrogens with zero attached hydrogens (tertiary/aromatic N) is 1. The first-order chi connectivity index (χ1) is 6.26. The molecule has 0 spiro atoms. The number of nitrogens with two attached hydrogens (primary N) is 2. The van der Waals surface area contributed by atoms with Crippen LogP contribution in [0.5, 0.6) is 0 Å². The summed E-state index contributed by atoms with van der Waals surface area (Å²) in [5.74, 6) is -0.369. The first kappa shape index (κ1) is 11.5. The van der Waals surface area contributed by atoms with E-state index in [-0.39, 0.29) is 11.4 Å². The summed E-state index contributed by atoms with van der Waals surface area (Å²) in [5.41, 5.74) is 10.6. The summed E-state index contributed by atoms with van der Waals surface area (Å²) in [6.45, 7) is 8.20. The van der Waals surface area contributed by atoms with Crippen molar-refractivity contribution in [3.8, 4) is 0 Å². The number of carbonyl (C=O) groups is 1. The van der Waals surface area contributed by atoms with Crippen molar-refractivity contribution in [2.45, 2.75) is 44.7 Å². The Labute approximate surface area is 85.6 Å². The van der Waals surface area contributed by atoms with Gasteiger partial charge >= 0.3 is 0 Å². The van der Waals surface area contributed by atoms with E-state index < -0.39 is 5.54 Å². The Hall–Kier alpha value is -0.610. The molecular formula is C10H21N3O. The van der Waals surface area contributed by atoms with Crippen LogP contribution in [0.1, 0.15) is 33.6 Å². The van der Waals surface area contributed by atoms with Gasteiger partial charge in [0.1, 0.15) is 0 Å². The zero-order valence-electron chi connectivity index (χ0n) is 9.34. The molecule has 1 aliphatic heterocycles. The van der Waals surface area contributed by atoms with E-state index in [4.69, 9.17) is 11.5 Å². The first-order valence-electron chi connectivity index (χ1n) is 5.09. The Kier molecular flexibility index (Phi) is 2.88. The molecule has 4 heteroatoms. The van der Waals surface area contributed by atoms with Gasteiger partial charge in [-0.05, 0) is 33.6 Å².